The van der Waals surface area contributed by atoms with Crippen molar-refractivity contribution in [1.29, 1.82) is 0 Å². The predicted molar refractivity (Wildman–Crippen MR) is 80.1 cm³/mol. The Morgan fingerprint density at radius 3 is 3.05 bits per heavy atom. The van der Waals surface area contributed by atoms with Crippen LogP contribution < -0.4 is 11.1 Å². The molecule has 1 aliphatic rings. The molecule has 6 nitrogen and oxygen atoms in total. The van der Waals surface area contributed by atoms with E-state index in [1.165, 1.54) is 12.8 Å². The fraction of sp³-hybridized carbons (Fsp3) is 0.400. The Morgan fingerprint density at radius 2 is 2.29 bits per heavy atom. The van der Waals surface area contributed by atoms with Gasteiger partial charge in [0.05, 0.1) is 0 Å². The molecular weight excluding hydrogens is 266 g/mol. The molecule has 110 valence electrons. The van der Waals surface area contributed by atoms with Gasteiger partial charge in [-0.25, -0.2) is 4.98 Å². The molecule has 21 heavy (non-hydrogen) atoms. The second-order valence-electron chi connectivity index (χ2n) is 5.38. The number of nitrogens with two attached hydrogens (primary N) is 1. The SMILES string of the molecule is NCCCc1ccnc(NC(=O)c2cc(C3CC3)[nH]n2)c1. The van der Waals surface area contributed by atoms with Crippen molar-refractivity contribution in [3.8, 4) is 0 Å². The van der Waals surface area contributed by atoms with Gasteiger partial charge in [-0.2, -0.15) is 5.10 Å². The van der Waals surface area contributed by atoms with Crippen molar-refractivity contribution in [2.75, 3.05) is 11.9 Å². The van der Waals surface area contributed by atoms with Crippen molar-refractivity contribution in [1.82, 2.24) is 15.2 Å². The smallest absolute Gasteiger partial charge is 0.277 e. The van der Waals surface area contributed by atoms with Crippen LogP contribution in [0.2, 0.25) is 0 Å². The molecule has 1 aliphatic carbocycles. The summed E-state index contributed by atoms with van der Waals surface area (Å²) < 4.78 is 0. The zero-order valence-corrected chi connectivity index (χ0v) is 11.8. The summed E-state index contributed by atoms with van der Waals surface area (Å²) in [6.07, 6.45) is 5.85. The van der Waals surface area contributed by atoms with Crippen molar-refractivity contribution in [3.63, 3.8) is 0 Å². The molecule has 0 radical (unpaired) electrons. The number of H-pyrrole nitrogens is 1. The monoisotopic (exact) mass is 285 g/mol. The van der Waals surface area contributed by atoms with E-state index in [0.717, 1.165) is 24.1 Å². The average Bonchev–Trinajstić information content (AvgIpc) is 3.22. The summed E-state index contributed by atoms with van der Waals surface area (Å²) in [6, 6.07) is 5.64. The molecule has 0 aliphatic heterocycles. The second-order valence-corrected chi connectivity index (χ2v) is 5.38. The van der Waals surface area contributed by atoms with Crippen LogP contribution in [0.25, 0.3) is 0 Å². The number of aromatic nitrogens is 3. The van der Waals surface area contributed by atoms with Crippen LogP contribution in [0.5, 0.6) is 0 Å². The van der Waals surface area contributed by atoms with Gasteiger partial charge >= 0.3 is 0 Å². The third-order valence-corrected chi connectivity index (χ3v) is 3.58. The molecule has 0 spiro atoms. The summed E-state index contributed by atoms with van der Waals surface area (Å²) in [5, 5.41) is 9.78. The van der Waals surface area contributed by atoms with Crippen molar-refractivity contribution in [2.45, 2.75) is 31.6 Å². The van der Waals surface area contributed by atoms with E-state index in [-0.39, 0.29) is 5.91 Å². The van der Waals surface area contributed by atoms with Crippen molar-refractivity contribution < 1.29 is 4.79 Å². The van der Waals surface area contributed by atoms with Gasteiger partial charge in [0.2, 0.25) is 0 Å². The van der Waals surface area contributed by atoms with Crippen LogP contribution in [0.3, 0.4) is 0 Å². The van der Waals surface area contributed by atoms with E-state index in [4.69, 9.17) is 5.73 Å². The first-order valence-corrected chi connectivity index (χ1v) is 7.28. The molecule has 0 unspecified atom stereocenters. The van der Waals surface area contributed by atoms with E-state index in [1.807, 2.05) is 18.2 Å². The minimum Gasteiger partial charge on any atom is -0.330 e. The lowest BCUT2D eigenvalue weighted by Crippen LogP contribution is -2.13. The normalized spacial score (nSPS) is 14.1. The Labute approximate surface area is 123 Å². The van der Waals surface area contributed by atoms with Gasteiger partial charge in [-0.15, -0.1) is 0 Å². The van der Waals surface area contributed by atoms with Crippen LogP contribution in [0.1, 0.15) is 46.9 Å². The van der Waals surface area contributed by atoms with E-state index in [1.54, 1.807) is 6.20 Å². The minimum atomic E-state index is -0.235. The number of amides is 1. The lowest BCUT2D eigenvalue weighted by Gasteiger charge is -2.05. The highest BCUT2D eigenvalue weighted by atomic mass is 16.2. The zero-order valence-electron chi connectivity index (χ0n) is 11.8. The number of carbonyl (C=O) groups is 1. The highest BCUT2D eigenvalue weighted by Gasteiger charge is 2.26. The van der Waals surface area contributed by atoms with Crippen LogP contribution in [0.4, 0.5) is 5.82 Å². The zero-order chi connectivity index (χ0) is 14.7. The standard InChI is InChI=1S/C15H19N5O/c16-6-1-2-10-5-7-17-14(8-10)18-15(21)13-9-12(19-20-13)11-3-4-11/h5,7-9,11H,1-4,6,16H2,(H,19,20)(H,17,18,21). The van der Waals surface area contributed by atoms with E-state index < -0.39 is 0 Å². The number of anilines is 1. The van der Waals surface area contributed by atoms with Crippen molar-refractivity contribution in [3.05, 3.63) is 41.3 Å². The Morgan fingerprint density at radius 1 is 1.43 bits per heavy atom. The number of aromatic amines is 1. The lowest BCUT2D eigenvalue weighted by atomic mass is 10.1. The lowest BCUT2D eigenvalue weighted by molar-refractivity contribution is 0.102. The van der Waals surface area contributed by atoms with Gasteiger partial charge in [-0.1, -0.05) is 0 Å². The van der Waals surface area contributed by atoms with E-state index in [0.29, 0.717) is 24.0 Å². The first kappa shape index (κ1) is 13.8. The van der Waals surface area contributed by atoms with Gasteiger partial charge in [-0.3, -0.25) is 9.89 Å². The highest BCUT2D eigenvalue weighted by Crippen LogP contribution is 2.39. The number of nitrogens with one attached hydrogen (secondary N) is 2. The summed E-state index contributed by atoms with van der Waals surface area (Å²) in [5.74, 6) is 0.865. The summed E-state index contributed by atoms with van der Waals surface area (Å²) in [6.45, 7) is 0.654. The van der Waals surface area contributed by atoms with Crippen LogP contribution >= 0.6 is 0 Å². The topological polar surface area (TPSA) is 96.7 Å². The number of carbonyl (C=O) groups excluding carboxylic acids is 1. The van der Waals surface area contributed by atoms with Gasteiger partial charge < -0.3 is 11.1 Å². The first-order chi connectivity index (χ1) is 10.3. The maximum atomic E-state index is 12.1. The molecule has 2 heterocycles. The van der Waals surface area contributed by atoms with Gasteiger partial charge in [-0.05, 0) is 56.0 Å². The summed E-state index contributed by atoms with van der Waals surface area (Å²) in [5.41, 5.74) is 8.08. The molecule has 1 amide bonds. The van der Waals surface area contributed by atoms with Crippen molar-refractivity contribution >= 4 is 11.7 Å². The van der Waals surface area contributed by atoms with Gasteiger partial charge in [0.25, 0.3) is 5.91 Å². The molecular formula is C15H19N5O. The number of nitrogens with zero attached hydrogens (tertiary/aromatic N) is 2. The van der Waals surface area contributed by atoms with Crippen LogP contribution in [0.15, 0.2) is 24.4 Å². The van der Waals surface area contributed by atoms with Crippen molar-refractivity contribution in [2.24, 2.45) is 5.73 Å². The Kier molecular flexibility index (Phi) is 3.96. The Hall–Kier alpha value is -2.21. The highest BCUT2D eigenvalue weighted by molar-refractivity contribution is 6.02. The predicted octanol–water partition coefficient (Wildman–Crippen LogP) is 1.83. The molecule has 2 aromatic heterocycles. The largest absolute Gasteiger partial charge is 0.330 e. The molecule has 1 fully saturated rings. The number of rotatable bonds is 6. The summed E-state index contributed by atoms with van der Waals surface area (Å²) >= 11 is 0. The number of hydrogen-bond donors (Lipinski definition) is 3. The molecule has 3 rings (SSSR count). The van der Waals surface area contributed by atoms with Gasteiger partial charge in [0.1, 0.15) is 5.82 Å². The van der Waals surface area contributed by atoms with Crippen LogP contribution in [-0.2, 0) is 6.42 Å². The molecule has 2 aromatic rings. The van der Waals surface area contributed by atoms with E-state index >= 15 is 0 Å². The van der Waals surface area contributed by atoms with Gasteiger partial charge in [0.15, 0.2) is 5.69 Å². The summed E-state index contributed by atoms with van der Waals surface area (Å²) in [4.78, 5) is 16.3. The Balaban J connectivity index is 1.65. The Bertz CT molecular complexity index is 632. The fourth-order valence-corrected chi connectivity index (χ4v) is 2.24. The van der Waals surface area contributed by atoms with E-state index in [2.05, 4.69) is 20.5 Å². The second kappa shape index (κ2) is 6.05. The van der Waals surface area contributed by atoms with E-state index in [9.17, 15) is 4.79 Å². The summed E-state index contributed by atoms with van der Waals surface area (Å²) in [7, 11) is 0. The number of pyridine rings is 1. The maximum absolute atomic E-state index is 12.1. The first-order valence-electron chi connectivity index (χ1n) is 7.28. The average molecular weight is 285 g/mol. The maximum Gasteiger partial charge on any atom is 0.277 e. The minimum absolute atomic E-state index is 0.235. The molecule has 1 saturated carbocycles. The molecule has 0 atom stereocenters. The quantitative estimate of drug-likeness (QED) is 0.754. The molecule has 6 heteroatoms. The number of hydrogen-bond acceptors (Lipinski definition) is 4. The van der Waals surface area contributed by atoms with Crippen LogP contribution in [-0.4, -0.2) is 27.6 Å². The third-order valence-electron chi connectivity index (χ3n) is 3.58. The van der Waals surface area contributed by atoms with Gasteiger partial charge in [0, 0.05) is 17.8 Å². The molecule has 0 saturated heterocycles. The fourth-order valence-electron chi connectivity index (χ4n) is 2.24. The molecule has 0 bridgehead atoms. The van der Waals surface area contributed by atoms with Crippen LogP contribution in [0, 0.1) is 0 Å². The molecule has 0 aromatic carbocycles. The third kappa shape index (κ3) is 3.46. The molecule has 4 N–H and O–H groups in total. The number of aryl methyl sites for hydroxylation is 1.